The number of aromatic hydroxyl groups is 1. The number of nitrogen functional groups attached to an aromatic ring is 1. The second-order valence-corrected chi connectivity index (χ2v) is 3.96. The van der Waals surface area contributed by atoms with Gasteiger partial charge in [-0.2, -0.15) is 0 Å². The molecule has 0 bridgehead atoms. The molecule has 1 aromatic carbocycles. The molecule has 0 atom stereocenters. The van der Waals surface area contributed by atoms with Crippen LogP contribution in [0, 0.1) is 0 Å². The van der Waals surface area contributed by atoms with E-state index in [1.807, 2.05) is 13.8 Å². The van der Waals surface area contributed by atoms with Crippen LogP contribution in [-0.2, 0) is 0 Å². The third-order valence-corrected chi connectivity index (χ3v) is 2.53. The lowest BCUT2D eigenvalue weighted by Crippen LogP contribution is -1.94. The third kappa shape index (κ3) is 2.38. The standard InChI is InChI=1S/C9H11Cl2NO.ClH/c1-4(2)7-5(10)3-6(12)9(13)8(7)11;/h3-4,13H,12H2,1-2H3;1H. The van der Waals surface area contributed by atoms with Crippen molar-refractivity contribution in [2.24, 2.45) is 0 Å². The Balaban J connectivity index is 0.00000169. The minimum absolute atomic E-state index is 0. The van der Waals surface area contributed by atoms with Crippen LogP contribution in [0.3, 0.4) is 0 Å². The Hall–Kier alpha value is -0.310. The van der Waals surface area contributed by atoms with Crippen molar-refractivity contribution in [3.8, 4) is 5.75 Å². The third-order valence-electron chi connectivity index (χ3n) is 1.83. The number of nitrogens with two attached hydrogens (primary N) is 1. The molecule has 0 aliphatic rings. The maximum Gasteiger partial charge on any atom is 0.157 e. The number of rotatable bonds is 1. The molecule has 0 heterocycles. The Morgan fingerprint density at radius 1 is 1.36 bits per heavy atom. The molecular formula is C9H12Cl3NO. The number of anilines is 1. The summed E-state index contributed by atoms with van der Waals surface area (Å²) >= 11 is 11.8. The molecule has 80 valence electrons. The van der Waals surface area contributed by atoms with E-state index in [9.17, 15) is 5.11 Å². The smallest absolute Gasteiger partial charge is 0.157 e. The molecule has 1 aromatic rings. The second kappa shape index (κ2) is 4.96. The molecule has 0 aliphatic heterocycles. The zero-order chi connectivity index (χ0) is 10.2. The van der Waals surface area contributed by atoms with Crippen LogP contribution in [0.4, 0.5) is 5.69 Å². The monoisotopic (exact) mass is 255 g/mol. The zero-order valence-corrected chi connectivity index (χ0v) is 10.2. The average molecular weight is 257 g/mol. The zero-order valence-electron chi connectivity index (χ0n) is 7.84. The minimum Gasteiger partial charge on any atom is -0.504 e. The quantitative estimate of drug-likeness (QED) is 0.592. The second-order valence-electron chi connectivity index (χ2n) is 3.18. The number of hydrogen-bond donors (Lipinski definition) is 2. The van der Waals surface area contributed by atoms with Gasteiger partial charge in [-0.15, -0.1) is 12.4 Å². The van der Waals surface area contributed by atoms with Crippen molar-refractivity contribution in [3.63, 3.8) is 0 Å². The van der Waals surface area contributed by atoms with E-state index in [1.165, 1.54) is 6.07 Å². The van der Waals surface area contributed by atoms with Gasteiger partial charge in [-0.3, -0.25) is 0 Å². The number of halogens is 3. The average Bonchev–Trinajstić information content (AvgIpc) is 1.99. The molecule has 0 radical (unpaired) electrons. The fourth-order valence-corrected chi connectivity index (χ4v) is 2.08. The van der Waals surface area contributed by atoms with Gasteiger partial charge in [0.15, 0.2) is 5.75 Å². The predicted octanol–water partition coefficient (Wildman–Crippen LogP) is 3.83. The van der Waals surface area contributed by atoms with Crippen molar-refractivity contribution < 1.29 is 5.11 Å². The largest absolute Gasteiger partial charge is 0.504 e. The summed E-state index contributed by atoms with van der Waals surface area (Å²) in [7, 11) is 0. The van der Waals surface area contributed by atoms with Gasteiger partial charge in [-0.25, -0.2) is 0 Å². The maximum atomic E-state index is 9.44. The lowest BCUT2D eigenvalue weighted by Gasteiger charge is -2.13. The van der Waals surface area contributed by atoms with Crippen molar-refractivity contribution >= 4 is 41.3 Å². The molecule has 14 heavy (non-hydrogen) atoms. The first-order valence-electron chi connectivity index (χ1n) is 3.91. The van der Waals surface area contributed by atoms with Gasteiger partial charge in [0.05, 0.1) is 10.7 Å². The van der Waals surface area contributed by atoms with Crippen LogP contribution < -0.4 is 5.73 Å². The number of benzene rings is 1. The molecule has 0 saturated heterocycles. The van der Waals surface area contributed by atoms with Crippen LogP contribution in [0.1, 0.15) is 25.3 Å². The van der Waals surface area contributed by atoms with Crippen molar-refractivity contribution in [2.75, 3.05) is 5.73 Å². The van der Waals surface area contributed by atoms with E-state index in [0.29, 0.717) is 5.02 Å². The summed E-state index contributed by atoms with van der Waals surface area (Å²) in [4.78, 5) is 0. The topological polar surface area (TPSA) is 46.2 Å². The molecule has 0 saturated carbocycles. The lowest BCUT2D eigenvalue weighted by molar-refractivity contribution is 0.477. The molecule has 5 heteroatoms. The molecule has 0 spiro atoms. The summed E-state index contributed by atoms with van der Waals surface area (Å²) in [5.74, 6) is 0.0706. The Morgan fingerprint density at radius 2 is 1.86 bits per heavy atom. The fourth-order valence-electron chi connectivity index (χ4n) is 1.17. The minimum atomic E-state index is -0.0882. The van der Waals surface area contributed by atoms with Gasteiger partial charge < -0.3 is 10.8 Å². The highest BCUT2D eigenvalue weighted by atomic mass is 35.5. The van der Waals surface area contributed by atoms with E-state index in [4.69, 9.17) is 28.9 Å². The van der Waals surface area contributed by atoms with Gasteiger partial charge in [-0.05, 0) is 17.5 Å². The van der Waals surface area contributed by atoms with E-state index in [2.05, 4.69) is 0 Å². The molecule has 0 aliphatic carbocycles. The molecule has 1 rings (SSSR count). The highest BCUT2D eigenvalue weighted by Crippen LogP contribution is 2.41. The molecule has 0 unspecified atom stereocenters. The van der Waals surface area contributed by atoms with E-state index < -0.39 is 0 Å². The molecule has 0 amide bonds. The summed E-state index contributed by atoms with van der Waals surface area (Å²) in [5.41, 5.74) is 6.41. The summed E-state index contributed by atoms with van der Waals surface area (Å²) in [6.45, 7) is 3.89. The molecule has 0 aromatic heterocycles. The van der Waals surface area contributed by atoms with E-state index in [0.717, 1.165) is 5.56 Å². The highest BCUT2D eigenvalue weighted by molar-refractivity contribution is 6.37. The van der Waals surface area contributed by atoms with Crippen LogP contribution in [0.5, 0.6) is 5.75 Å². The number of phenolic OH excluding ortho intramolecular Hbond substituents is 1. The summed E-state index contributed by atoms with van der Waals surface area (Å²) in [5, 5.41) is 10.2. The van der Waals surface area contributed by atoms with Crippen molar-refractivity contribution in [2.45, 2.75) is 19.8 Å². The van der Waals surface area contributed by atoms with Crippen LogP contribution in [-0.4, -0.2) is 5.11 Å². The first-order valence-corrected chi connectivity index (χ1v) is 4.67. The molecule has 3 N–H and O–H groups in total. The van der Waals surface area contributed by atoms with Crippen molar-refractivity contribution in [3.05, 3.63) is 21.7 Å². The first-order chi connectivity index (χ1) is 5.95. The SMILES string of the molecule is CC(C)c1c(Cl)cc(N)c(O)c1Cl.Cl. The van der Waals surface area contributed by atoms with Gasteiger partial charge in [-0.1, -0.05) is 37.0 Å². The lowest BCUT2D eigenvalue weighted by atomic mass is 10.0. The van der Waals surface area contributed by atoms with Crippen molar-refractivity contribution in [1.29, 1.82) is 0 Å². The van der Waals surface area contributed by atoms with Gasteiger partial charge >= 0.3 is 0 Å². The Bertz CT molecular complexity index is 339. The first kappa shape index (κ1) is 13.7. The fraction of sp³-hybridized carbons (Fsp3) is 0.333. The molecular weight excluding hydrogens is 244 g/mol. The summed E-state index contributed by atoms with van der Waals surface area (Å²) in [6, 6.07) is 1.51. The van der Waals surface area contributed by atoms with E-state index in [1.54, 1.807) is 0 Å². The van der Waals surface area contributed by atoms with Gasteiger partial charge in [0, 0.05) is 5.02 Å². The van der Waals surface area contributed by atoms with Gasteiger partial charge in [0.25, 0.3) is 0 Å². The van der Waals surface area contributed by atoms with Crippen molar-refractivity contribution in [1.82, 2.24) is 0 Å². The summed E-state index contributed by atoms with van der Waals surface area (Å²) < 4.78 is 0. The Kier molecular flexibility index (Phi) is 4.85. The van der Waals surface area contributed by atoms with Crippen LogP contribution in [0.15, 0.2) is 6.07 Å². The van der Waals surface area contributed by atoms with Gasteiger partial charge in [0.2, 0.25) is 0 Å². The van der Waals surface area contributed by atoms with Crippen LogP contribution >= 0.6 is 35.6 Å². The number of phenols is 1. The highest BCUT2D eigenvalue weighted by Gasteiger charge is 2.15. The van der Waals surface area contributed by atoms with Crippen LogP contribution in [0.2, 0.25) is 10.0 Å². The van der Waals surface area contributed by atoms with E-state index >= 15 is 0 Å². The van der Waals surface area contributed by atoms with Crippen LogP contribution in [0.25, 0.3) is 0 Å². The molecule has 2 nitrogen and oxygen atoms in total. The summed E-state index contributed by atoms with van der Waals surface area (Å²) in [6.07, 6.45) is 0. The number of hydrogen-bond acceptors (Lipinski definition) is 2. The molecule has 0 fully saturated rings. The maximum absolute atomic E-state index is 9.44. The predicted molar refractivity (Wildman–Crippen MR) is 63.9 cm³/mol. The Labute approximate surface area is 99.4 Å². The normalized spacial score (nSPS) is 10.1. The van der Waals surface area contributed by atoms with Gasteiger partial charge in [0.1, 0.15) is 0 Å². The Morgan fingerprint density at radius 3 is 2.29 bits per heavy atom. The van der Waals surface area contributed by atoms with E-state index in [-0.39, 0.29) is 34.8 Å².